The highest BCUT2D eigenvalue weighted by Gasteiger charge is 2.42. The Bertz CT molecular complexity index is 930. The molecule has 0 amide bonds. The molecule has 9 heteroatoms. The second-order valence-electron chi connectivity index (χ2n) is 6.80. The Balaban J connectivity index is 2.33. The number of nitrogens with zero attached hydrogens (tertiary/aromatic N) is 2. The summed E-state index contributed by atoms with van der Waals surface area (Å²) in [5.74, 6) is -0.306. The molecule has 1 aliphatic rings. The number of rotatable bonds is 4. The summed E-state index contributed by atoms with van der Waals surface area (Å²) in [6.45, 7) is 1.62. The fraction of sp³-hybridized carbons (Fsp3) is 0.500. The Morgan fingerprint density at radius 3 is 2.37 bits per heavy atom. The van der Waals surface area contributed by atoms with E-state index in [1.54, 1.807) is 13.0 Å². The standard InChI is InChI=1S/C18H22F3N3O2S/c1-2-24-17(18(19,20)21)15(12-8-4-3-5-9-12)16(23-24)13-10-6-7-11-14(13)27(22,25)26/h6-7,10-12H,2-5,8-9H2,1H3,(H2,22,25,26). The van der Waals surface area contributed by atoms with Crippen molar-refractivity contribution in [1.82, 2.24) is 9.78 Å². The number of alkyl halides is 3. The first kappa shape index (κ1) is 19.9. The highest BCUT2D eigenvalue weighted by molar-refractivity contribution is 7.89. The van der Waals surface area contributed by atoms with Crippen LogP contribution in [0.25, 0.3) is 11.3 Å². The minimum absolute atomic E-state index is 0.0338. The van der Waals surface area contributed by atoms with Gasteiger partial charge in [-0.1, -0.05) is 37.5 Å². The van der Waals surface area contributed by atoms with Gasteiger partial charge in [0.15, 0.2) is 0 Å². The fourth-order valence-electron chi connectivity index (χ4n) is 3.89. The highest BCUT2D eigenvalue weighted by atomic mass is 32.2. The van der Waals surface area contributed by atoms with Crippen molar-refractivity contribution in [3.63, 3.8) is 0 Å². The monoisotopic (exact) mass is 401 g/mol. The van der Waals surface area contributed by atoms with E-state index in [-0.39, 0.29) is 34.2 Å². The lowest BCUT2D eigenvalue weighted by Crippen LogP contribution is -2.18. The molecule has 5 nitrogen and oxygen atoms in total. The molecule has 0 saturated heterocycles. The van der Waals surface area contributed by atoms with Crippen LogP contribution in [-0.2, 0) is 22.7 Å². The first-order valence-corrected chi connectivity index (χ1v) is 10.5. The van der Waals surface area contributed by atoms with Crippen molar-refractivity contribution in [2.45, 2.75) is 62.6 Å². The van der Waals surface area contributed by atoms with E-state index in [9.17, 15) is 21.6 Å². The SMILES string of the molecule is CCn1nc(-c2ccccc2S(N)(=O)=O)c(C2CCCCC2)c1C(F)(F)F. The lowest BCUT2D eigenvalue weighted by molar-refractivity contribution is -0.145. The number of hydrogen-bond donors (Lipinski definition) is 1. The van der Waals surface area contributed by atoms with Crippen LogP contribution in [0.3, 0.4) is 0 Å². The van der Waals surface area contributed by atoms with E-state index in [1.165, 1.54) is 18.2 Å². The van der Waals surface area contributed by atoms with Crippen molar-refractivity contribution in [1.29, 1.82) is 0 Å². The Kier molecular flexibility index (Phi) is 5.36. The van der Waals surface area contributed by atoms with E-state index in [2.05, 4.69) is 5.10 Å². The molecule has 2 aromatic rings. The van der Waals surface area contributed by atoms with Gasteiger partial charge >= 0.3 is 6.18 Å². The van der Waals surface area contributed by atoms with E-state index < -0.39 is 21.9 Å². The van der Waals surface area contributed by atoms with Crippen molar-refractivity contribution < 1.29 is 21.6 Å². The van der Waals surface area contributed by atoms with Crippen LogP contribution in [0.4, 0.5) is 13.2 Å². The maximum absolute atomic E-state index is 13.9. The Morgan fingerprint density at radius 2 is 1.81 bits per heavy atom. The molecule has 0 bridgehead atoms. The third kappa shape index (κ3) is 3.89. The van der Waals surface area contributed by atoms with E-state index in [0.717, 1.165) is 23.9 Å². The summed E-state index contributed by atoms with van der Waals surface area (Å²) in [4.78, 5) is -0.212. The molecule has 1 aliphatic carbocycles. The number of aromatic nitrogens is 2. The predicted molar refractivity (Wildman–Crippen MR) is 95.5 cm³/mol. The minimum atomic E-state index is -4.58. The quantitative estimate of drug-likeness (QED) is 0.830. The van der Waals surface area contributed by atoms with Gasteiger partial charge in [-0.05, 0) is 31.7 Å². The van der Waals surface area contributed by atoms with Crippen LogP contribution >= 0.6 is 0 Å². The fourth-order valence-corrected chi connectivity index (χ4v) is 4.63. The summed E-state index contributed by atoms with van der Waals surface area (Å²) in [5, 5.41) is 9.49. The van der Waals surface area contributed by atoms with Crippen molar-refractivity contribution >= 4 is 10.0 Å². The minimum Gasteiger partial charge on any atom is -0.260 e. The molecule has 3 rings (SSSR count). The summed E-state index contributed by atoms with van der Waals surface area (Å²) in [6, 6.07) is 5.83. The molecule has 1 heterocycles. The van der Waals surface area contributed by atoms with Crippen molar-refractivity contribution in [3.05, 3.63) is 35.5 Å². The molecule has 27 heavy (non-hydrogen) atoms. The van der Waals surface area contributed by atoms with Crippen LogP contribution in [-0.4, -0.2) is 18.2 Å². The molecule has 0 atom stereocenters. The molecular weight excluding hydrogens is 379 g/mol. The molecule has 0 spiro atoms. The largest absolute Gasteiger partial charge is 0.433 e. The van der Waals surface area contributed by atoms with Crippen molar-refractivity contribution in [2.24, 2.45) is 5.14 Å². The smallest absolute Gasteiger partial charge is 0.260 e. The zero-order chi connectivity index (χ0) is 19.8. The van der Waals surface area contributed by atoms with Gasteiger partial charge in [0.05, 0.1) is 10.6 Å². The van der Waals surface area contributed by atoms with E-state index in [0.29, 0.717) is 12.8 Å². The highest BCUT2D eigenvalue weighted by Crippen LogP contribution is 2.45. The molecule has 1 aromatic heterocycles. The van der Waals surface area contributed by atoms with E-state index in [4.69, 9.17) is 5.14 Å². The van der Waals surface area contributed by atoms with Crippen LogP contribution in [0, 0.1) is 0 Å². The number of primary sulfonamides is 1. The normalized spacial score (nSPS) is 16.6. The number of hydrogen-bond acceptors (Lipinski definition) is 3. The molecule has 1 aromatic carbocycles. The number of aryl methyl sites for hydroxylation is 1. The van der Waals surface area contributed by atoms with Gasteiger partial charge in [-0.2, -0.15) is 18.3 Å². The summed E-state index contributed by atoms with van der Waals surface area (Å²) in [6.07, 6.45) is -0.648. The molecular formula is C18H22F3N3O2S. The lowest BCUT2D eigenvalue weighted by Gasteiger charge is -2.24. The van der Waals surface area contributed by atoms with Gasteiger partial charge in [0.25, 0.3) is 0 Å². The van der Waals surface area contributed by atoms with Gasteiger partial charge in [0.1, 0.15) is 5.69 Å². The van der Waals surface area contributed by atoms with Gasteiger partial charge < -0.3 is 0 Å². The van der Waals surface area contributed by atoms with Gasteiger partial charge in [0.2, 0.25) is 10.0 Å². The molecule has 0 aliphatic heterocycles. The zero-order valence-corrected chi connectivity index (χ0v) is 15.8. The average molecular weight is 401 g/mol. The van der Waals surface area contributed by atoms with Crippen LogP contribution in [0.1, 0.15) is 56.2 Å². The second kappa shape index (κ2) is 7.27. The molecule has 2 N–H and O–H groups in total. The Labute approximate surface area is 156 Å². The Morgan fingerprint density at radius 1 is 1.19 bits per heavy atom. The molecule has 1 fully saturated rings. The number of nitrogens with two attached hydrogens (primary N) is 1. The first-order valence-electron chi connectivity index (χ1n) is 8.94. The van der Waals surface area contributed by atoms with Crippen molar-refractivity contribution in [3.8, 4) is 11.3 Å². The van der Waals surface area contributed by atoms with Gasteiger partial charge in [-0.15, -0.1) is 0 Å². The summed E-state index contributed by atoms with van der Waals surface area (Å²) < 4.78 is 66.6. The van der Waals surface area contributed by atoms with E-state index in [1.807, 2.05) is 0 Å². The second-order valence-corrected chi connectivity index (χ2v) is 8.33. The molecule has 0 radical (unpaired) electrons. The maximum atomic E-state index is 13.9. The van der Waals surface area contributed by atoms with Gasteiger partial charge in [-0.25, -0.2) is 13.6 Å². The van der Waals surface area contributed by atoms with Crippen LogP contribution in [0.5, 0.6) is 0 Å². The van der Waals surface area contributed by atoms with Crippen LogP contribution in [0.2, 0.25) is 0 Å². The molecule has 1 saturated carbocycles. The molecule has 0 unspecified atom stereocenters. The van der Waals surface area contributed by atoms with E-state index >= 15 is 0 Å². The Hall–Kier alpha value is -1.87. The predicted octanol–water partition coefficient (Wildman–Crippen LogP) is 4.28. The number of sulfonamides is 1. The maximum Gasteiger partial charge on any atom is 0.433 e. The van der Waals surface area contributed by atoms with Crippen LogP contribution in [0.15, 0.2) is 29.2 Å². The summed E-state index contributed by atoms with van der Waals surface area (Å²) in [5.41, 5.74) is -0.491. The first-order chi connectivity index (χ1) is 12.6. The van der Waals surface area contributed by atoms with Gasteiger partial charge in [-0.3, -0.25) is 4.68 Å². The van der Waals surface area contributed by atoms with Crippen molar-refractivity contribution in [2.75, 3.05) is 0 Å². The lowest BCUT2D eigenvalue weighted by atomic mass is 9.82. The molecule has 148 valence electrons. The zero-order valence-electron chi connectivity index (χ0n) is 15.0. The topological polar surface area (TPSA) is 78.0 Å². The average Bonchev–Trinajstić information content (AvgIpc) is 3.01. The van der Waals surface area contributed by atoms with Gasteiger partial charge in [0, 0.05) is 17.7 Å². The summed E-state index contributed by atoms with van der Waals surface area (Å²) in [7, 11) is -4.11. The number of halogens is 3. The van der Waals surface area contributed by atoms with Crippen LogP contribution < -0.4 is 5.14 Å². The summed E-state index contributed by atoms with van der Waals surface area (Å²) >= 11 is 0. The third-order valence-corrected chi connectivity index (χ3v) is 5.99. The third-order valence-electron chi connectivity index (χ3n) is 5.02. The number of benzene rings is 1.